The largest absolute Gasteiger partial charge is 0.455 e. The Labute approximate surface area is 253 Å². The molecule has 4 rings (SSSR count). The summed E-state index contributed by atoms with van der Waals surface area (Å²) in [6.45, 7) is 18.6. The van der Waals surface area contributed by atoms with E-state index in [2.05, 4.69) is 115 Å². The number of carbonyl (C=O) groups is 1. The molecule has 0 amide bonds. The van der Waals surface area contributed by atoms with Crippen LogP contribution in [-0.2, 0) is 13.6 Å². The Morgan fingerprint density at radius 3 is 1.73 bits per heavy atom. The molecular weight excluding hydrogens is 561 g/mol. The molecule has 1 aliphatic heterocycles. The smallest absolute Gasteiger partial charge is 0.338 e. The van der Waals surface area contributed by atoms with Crippen molar-refractivity contribution in [3.63, 3.8) is 0 Å². The minimum atomic E-state index is -2.74. The van der Waals surface area contributed by atoms with Crippen LogP contribution in [0, 0.1) is 0 Å². The average molecular weight is 607 g/mol. The minimum absolute atomic E-state index is 0.0425. The molecule has 3 aromatic carbocycles. The van der Waals surface area contributed by atoms with E-state index >= 15 is 0 Å². The van der Waals surface area contributed by atoms with Gasteiger partial charge in [-0.05, 0) is 45.7 Å². The van der Waals surface area contributed by atoms with Crippen molar-refractivity contribution in [3.8, 4) is 0 Å². The molecule has 0 N–H and O–H groups in total. The Morgan fingerprint density at radius 2 is 1.27 bits per heavy atom. The Balaban J connectivity index is 1.68. The molecule has 0 unspecified atom stereocenters. The second-order valence-electron chi connectivity index (χ2n) is 13.5. The summed E-state index contributed by atoms with van der Waals surface area (Å²) in [5, 5.41) is 2.36. The number of carbonyl (C=O) groups excluding carboxylic acids is 1. The van der Waals surface area contributed by atoms with Crippen LogP contribution in [0.1, 0.15) is 51.9 Å². The molecular formula is C34H46O4SSi2. The average Bonchev–Trinajstić information content (AvgIpc) is 3.29. The SMILES string of the molecule is CC(C)(C)[Si](C)(C)O[C@@H]1CS[C@H](CO[Si](c2ccccc2)(c2ccccc2)C(C)(C)C)[C@H]1OC(=O)c1ccccc1. The highest BCUT2D eigenvalue weighted by atomic mass is 32.2. The summed E-state index contributed by atoms with van der Waals surface area (Å²) in [6, 6.07) is 30.6. The third-order valence-corrected chi connectivity index (χ3v) is 19.5. The fraction of sp³-hybridized carbons (Fsp3) is 0.441. The predicted octanol–water partition coefficient (Wildman–Crippen LogP) is 7.29. The summed E-state index contributed by atoms with van der Waals surface area (Å²) >= 11 is 1.81. The zero-order chi connectivity index (χ0) is 29.9. The van der Waals surface area contributed by atoms with E-state index in [1.807, 2.05) is 30.3 Å². The lowest BCUT2D eigenvalue weighted by Crippen LogP contribution is -2.67. The zero-order valence-corrected chi connectivity index (χ0v) is 28.7. The molecule has 41 heavy (non-hydrogen) atoms. The molecule has 0 bridgehead atoms. The van der Waals surface area contributed by atoms with E-state index < -0.39 is 22.7 Å². The van der Waals surface area contributed by atoms with Crippen LogP contribution < -0.4 is 10.4 Å². The van der Waals surface area contributed by atoms with Crippen molar-refractivity contribution in [1.82, 2.24) is 0 Å². The first-order chi connectivity index (χ1) is 19.3. The van der Waals surface area contributed by atoms with Gasteiger partial charge < -0.3 is 13.6 Å². The molecule has 220 valence electrons. The van der Waals surface area contributed by atoms with Crippen LogP contribution in [0.2, 0.25) is 23.2 Å². The third-order valence-electron chi connectivity index (χ3n) is 8.59. The maximum atomic E-state index is 13.3. The zero-order valence-electron chi connectivity index (χ0n) is 25.8. The number of benzene rings is 3. The van der Waals surface area contributed by atoms with Gasteiger partial charge in [0, 0.05) is 5.75 Å². The van der Waals surface area contributed by atoms with E-state index in [9.17, 15) is 4.79 Å². The van der Waals surface area contributed by atoms with Crippen LogP contribution in [0.5, 0.6) is 0 Å². The number of ether oxygens (including phenoxy) is 1. The molecule has 7 heteroatoms. The van der Waals surface area contributed by atoms with Gasteiger partial charge in [-0.2, -0.15) is 0 Å². The summed E-state index contributed by atoms with van der Waals surface area (Å²) in [5.74, 6) is 0.464. The lowest BCUT2D eigenvalue weighted by atomic mass is 10.1. The van der Waals surface area contributed by atoms with Crippen molar-refractivity contribution in [2.45, 2.75) is 82.2 Å². The lowest BCUT2D eigenvalue weighted by molar-refractivity contribution is -0.00678. The summed E-state index contributed by atoms with van der Waals surface area (Å²) in [5.41, 5.74) is 0.558. The molecule has 0 aromatic heterocycles. The number of hydrogen-bond donors (Lipinski definition) is 0. The first-order valence-electron chi connectivity index (χ1n) is 14.6. The molecule has 3 atom stereocenters. The fourth-order valence-electron chi connectivity index (χ4n) is 5.33. The molecule has 1 fully saturated rings. The minimum Gasteiger partial charge on any atom is -0.455 e. The molecule has 0 aliphatic carbocycles. The van der Waals surface area contributed by atoms with Crippen LogP contribution in [0.25, 0.3) is 0 Å². The van der Waals surface area contributed by atoms with Crippen LogP contribution >= 0.6 is 11.8 Å². The van der Waals surface area contributed by atoms with E-state index in [4.69, 9.17) is 13.6 Å². The van der Waals surface area contributed by atoms with Gasteiger partial charge in [-0.25, -0.2) is 4.79 Å². The summed E-state index contributed by atoms with van der Waals surface area (Å²) < 4.78 is 20.5. The number of thioether (sulfide) groups is 1. The summed E-state index contributed by atoms with van der Waals surface area (Å²) in [7, 11) is -4.84. The van der Waals surface area contributed by atoms with E-state index in [-0.39, 0.29) is 27.4 Å². The number of esters is 1. The standard InChI is InChI=1S/C34H46O4SSi2/c1-33(2,3)40(7,8)38-29-25-39-30(31(29)37-32(35)26-18-12-9-13-19-26)24-36-41(34(4,5)6,27-20-14-10-15-21-27)28-22-16-11-17-23-28/h9-23,29-31H,24-25H2,1-8H3/t29-,30-,31+/m1/s1. The topological polar surface area (TPSA) is 44.8 Å². The van der Waals surface area contributed by atoms with Crippen molar-refractivity contribution < 1.29 is 18.4 Å². The Morgan fingerprint density at radius 1 is 0.780 bits per heavy atom. The highest BCUT2D eigenvalue weighted by Gasteiger charge is 2.52. The van der Waals surface area contributed by atoms with Crippen molar-refractivity contribution >= 4 is 44.7 Å². The quantitative estimate of drug-likeness (QED) is 0.189. The van der Waals surface area contributed by atoms with Gasteiger partial charge in [0.2, 0.25) is 0 Å². The van der Waals surface area contributed by atoms with E-state index in [1.165, 1.54) is 10.4 Å². The van der Waals surface area contributed by atoms with Crippen molar-refractivity contribution in [3.05, 3.63) is 96.6 Å². The van der Waals surface area contributed by atoms with Crippen LogP contribution in [0.15, 0.2) is 91.0 Å². The highest BCUT2D eigenvalue weighted by molar-refractivity contribution is 8.00. The first kappa shape index (κ1) is 31.8. The van der Waals surface area contributed by atoms with Gasteiger partial charge in [-0.15, -0.1) is 11.8 Å². The lowest BCUT2D eigenvalue weighted by Gasteiger charge is -2.44. The third kappa shape index (κ3) is 6.91. The van der Waals surface area contributed by atoms with E-state index in [1.54, 1.807) is 11.8 Å². The van der Waals surface area contributed by atoms with Crippen LogP contribution in [-0.4, -0.2) is 52.4 Å². The van der Waals surface area contributed by atoms with Crippen LogP contribution in [0.4, 0.5) is 0 Å². The second-order valence-corrected chi connectivity index (χ2v) is 23.8. The number of hydrogen-bond acceptors (Lipinski definition) is 5. The second kappa shape index (κ2) is 12.6. The molecule has 1 saturated heterocycles. The monoisotopic (exact) mass is 606 g/mol. The fourth-order valence-corrected chi connectivity index (χ4v) is 12.8. The van der Waals surface area contributed by atoms with Gasteiger partial charge in [-0.3, -0.25) is 0 Å². The maximum Gasteiger partial charge on any atom is 0.338 e. The van der Waals surface area contributed by atoms with E-state index in [0.29, 0.717) is 12.2 Å². The molecule has 1 heterocycles. The summed E-state index contributed by atoms with van der Waals surface area (Å²) in [4.78, 5) is 13.3. The molecule has 0 radical (unpaired) electrons. The highest BCUT2D eigenvalue weighted by Crippen LogP contribution is 2.43. The molecule has 0 saturated carbocycles. The molecule has 3 aromatic rings. The maximum absolute atomic E-state index is 13.3. The van der Waals surface area contributed by atoms with Crippen molar-refractivity contribution in [2.24, 2.45) is 0 Å². The van der Waals surface area contributed by atoms with Gasteiger partial charge in [0.05, 0.1) is 23.5 Å². The summed E-state index contributed by atoms with van der Waals surface area (Å²) in [6.07, 6.45) is -0.582. The van der Waals surface area contributed by atoms with E-state index in [0.717, 1.165) is 5.75 Å². The molecule has 1 aliphatic rings. The van der Waals surface area contributed by atoms with Gasteiger partial charge in [0.15, 0.2) is 8.32 Å². The Kier molecular flexibility index (Phi) is 9.76. The van der Waals surface area contributed by atoms with Crippen molar-refractivity contribution in [2.75, 3.05) is 12.4 Å². The van der Waals surface area contributed by atoms with Gasteiger partial charge in [-0.1, -0.05) is 120 Å². The van der Waals surface area contributed by atoms with Gasteiger partial charge in [0.1, 0.15) is 6.10 Å². The van der Waals surface area contributed by atoms with Crippen LogP contribution in [0.3, 0.4) is 0 Å². The Hall–Kier alpha value is -2.17. The van der Waals surface area contributed by atoms with Crippen molar-refractivity contribution in [1.29, 1.82) is 0 Å². The first-order valence-corrected chi connectivity index (χ1v) is 20.4. The van der Waals surface area contributed by atoms with Gasteiger partial charge >= 0.3 is 5.97 Å². The molecule has 0 spiro atoms. The Bertz CT molecular complexity index is 1230. The number of rotatable bonds is 9. The predicted molar refractivity (Wildman–Crippen MR) is 178 cm³/mol. The van der Waals surface area contributed by atoms with Gasteiger partial charge in [0.25, 0.3) is 8.32 Å². The molecule has 4 nitrogen and oxygen atoms in total. The normalized spacial score (nSPS) is 20.1.